The van der Waals surface area contributed by atoms with Crippen LogP contribution in [0.4, 0.5) is 5.69 Å². The Morgan fingerprint density at radius 3 is 2.44 bits per heavy atom. The number of nitrogens with zero attached hydrogens (tertiary/aromatic N) is 1. The maximum Gasteiger partial charge on any atom is 0.142 e. The summed E-state index contributed by atoms with van der Waals surface area (Å²) in [5.74, 6) is 1.38. The van der Waals surface area contributed by atoms with Crippen LogP contribution in [0.1, 0.15) is 68.6 Å². The number of hydrogen-bond donors (Lipinski definition) is 1. The fourth-order valence-corrected chi connectivity index (χ4v) is 6.06. The summed E-state index contributed by atoms with van der Waals surface area (Å²) in [5.41, 5.74) is 4.62. The molecule has 0 spiro atoms. The molecule has 2 aromatic carbocycles. The molecule has 0 amide bonds. The van der Waals surface area contributed by atoms with E-state index in [0.29, 0.717) is 52.0 Å². The molecule has 240 valence electrons. The normalized spacial score (nSPS) is 21.7. The van der Waals surface area contributed by atoms with Gasteiger partial charge in [-0.3, -0.25) is 0 Å². The van der Waals surface area contributed by atoms with Crippen LogP contribution in [0.3, 0.4) is 0 Å². The zero-order valence-corrected chi connectivity index (χ0v) is 26.7. The van der Waals surface area contributed by atoms with Gasteiger partial charge in [0.1, 0.15) is 12.4 Å². The minimum atomic E-state index is -0.452. The summed E-state index contributed by atoms with van der Waals surface area (Å²) in [6.07, 6.45) is 4.17. The summed E-state index contributed by atoms with van der Waals surface area (Å²) in [4.78, 5) is 2.39. The van der Waals surface area contributed by atoms with Crippen molar-refractivity contribution in [3.05, 3.63) is 59.2 Å². The van der Waals surface area contributed by atoms with Crippen molar-refractivity contribution in [3.8, 4) is 5.75 Å². The summed E-state index contributed by atoms with van der Waals surface area (Å²) in [6, 6.07) is 15.1. The molecule has 0 bridgehead atoms. The molecule has 1 fully saturated rings. The number of aliphatic hydroxyl groups is 1. The van der Waals surface area contributed by atoms with E-state index in [1.807, 2.05) is 6.92 Å². The lowest BCUT2D eigenvalue weighted by Crippen LogP contribution is -2.39. The first-order valence-corrected chi connectivity index (χ1v) is 16.1. The summed E-state index contributed by atoms with van der Waals surface area (Å²) in [7, 11) is 3.47. The predicted octanol–water partition coefficient (Wildman–Crippen LogP) is 5.73. The monoisotopic (exact) mass is 599 g/mol. The van der Waals surface area contributed by atoms with Crippen LogP contribution in [0.2, 0.25) is 0 Å². The molecule has 0 radical (unpaired) electrons. The van der Waals surface area contributed by atoms with Crippen LogP contribution in [0.15, 0.2) is 42.5 Å². The van der Waals surface area contributed by atoms with Crippen LogP contribution in [0.5, 0.6) is 5.75 Å². The van der Waals surface area contributed by atoms with Gasteiger partial charge in [0.05, 0.1) is 63.6 Å². The summed E-state index contributed by atoms with van der Waals surface area (Å²) in [5, 5.41) is 10.2. The smallest absolute Gasteiger partial charge is 0.142 e. The van der Waals surface area contributed by atoms with E-state index in [0.717, 1.165) is 67.9 Å². The zero-order valence-electron chi connectivity index (χ0n) is 26.7. The highest BCUT2D eigenvalue weighted by atomic mass is 16.5. The van der Waals surface area contributed by atoms with E-state index >= 15 is 0 Å². The summed E-state index contributed by atoms with van der Waals surface area (Å²) < 4.78 is 35.4. The van der Waals surface area contributed by atoms with Gasteiger partial charge in [0.15, 0.2) is 0 Å². The molecule has 1 N–H and O–H groups in total. The second-order valence-electron chi connectivity index (χ2n) is 12.0. The quantitative estimate of drug-likeness (QED) is 0.218. The number of anilines is 1. The number of hydrogen-bond acceptors (Lipinski definition) is 8. The molecule has 2 aliphatic rings. The second-order valence-corrected chi connectivity index (χ2v) is 12.0. The SMILES string of the molecule is CC[C@H](O)CO[C@@H]1CCC[C@H](OCc2ccc3c(c2)N(CCCOC)CCO3)[C@H]1c1ccc(COC[C@@H](C)COC)cc1. The maximum atomic E-state index is 10.2. The van der Waals surface area contributed by atoms with Crippen molar-refractivity contribution in [1.29, 1.82) is 0 Å². The molecule has 8 nitrogen and oxygen atoms in total. The zero-order chi connectivity index (χ0) is 30.4. The number of aliphatic hydroxyl groups excluding tert-OH is 1. The van der Waals surface area contributed by atoms with Gasteiger partial charge in [0.2, 0.25) is 0 Å². The van der Waals surface area contributed by atoms with Crippen molar-refractivity contribution < 1.29 is 33.5 Å². The molecular formula is C35H53NO7. The third kappa shape index (κ3) is 10.2. The van der Waals surface area contributed by atoms with Crippen LogP contribution in [0.25, 0.3) is 0 Å². The summed E-state index contributed by atoms with van der Waals surface area (Å²) >= 11 is 0. The average Bonchev–Trinajstić information content (AvgIpc) is 3.03. The molecule has 1 heterocycles. The van der Waals surface area contributed by atoms with Crippen molar-refractivity contribution in [2.75, 3.05) is 65.2 Å². The van der Waals surface area contributed by atoms with Gasteiger partial charge in [0.25, 0.3) is 0 Å². The van der Waals surface area contributed by atoms with Gasteiger partial charge >= 0.3 is 0 Å². The fraction of sp³-hybridized carbons (Fsp3) is 0.657. The number of ether oxygens (including phenoxy) is 6. The number of rotatable bonds is 18. The van der Waals surface area contributed by atoms with E-state index in [-0.39, 0.29) is 18.1 Å². The Labute approximate surface area is 258 Å². The van der Waals surface area contributed by atoms with E-state index in [1.165, 1.54) is 5.56 Å². The molecule has 2 aromatic rings. The van der Waals surface area contributed by atoms with E-state index in [9.17, 15) is 5.11 Å². The third-order valence-corrected chi connectivity index (χ3v) is 8.46. The molecule has 5 atom stereocenters. The van der Waals surface area contributed by atoms with Crippen LogP contribution >= 0.6 is 0 Å². The van der Waals surface area contributed by atoms with E-state index in [1.54, 1.807) is 14.2 Å². The van der Waals surface area contributed by atoms with Gasteiger partial charge in [-0.15, -0.1) is 0 Å². The first-order chi connectivity index (χ1) is 21.0. The van der Waals surface area contributed by atoms with Crippen LogP contribution in [-0.4, -0.2) is 83.8 Å². The predicted molar refractivity (Wildman–Crippen MR) is 169 cm³/mol. The van der Waals surface area contributed by atoms with Gasteiger partial charge in [0, 0.05) is 39.2 Å². The van der Waals surface area contributed by atoms with Crippen molar-refractivity contribution in [3.63, 3.8) is 0 Å². The highest BCUT2D eigenvalue weighted by molar-refractivity contribution is 5.61. The van der Waals surface area contributed by atoms with Crippen LogP contribution in [-0.2, 0) is 36.9 Å². The molecule has 0 aromatic heterocycles. The first kappa shape index (κ1) is 33.7. The Morgan fingerprint density at radius 2 is 1.70 bits per heavy atom. The first-order valence-electron chi connectivity index (χ1n) is 16.1. The Hall–Kier alpha value is -2.20. The standard InChI is InChI=1S/C35H53NO7/c1-5-30(37)25-43-34-9-6-8-33(35(34)29-13-10-27(11-14-29)23-40-22-26(2)21-39-4)42-24-28-12-15-32-31(20-28)36(17-19-41-32)16-7-18-38-3/h10-15,20,26,30,33-35,37H,5-9,16-19,21-25H2,1-4H3/t26-,30-,33-,34+,35+/m0/s1. The molecule has 1 saturated carbocycles. The molecule has 0 saturated heterocycles. The molecule has 4 rings (SSSR count). The number of fused-ring (bicyclic) bond motifs is 1. The lowest BCUT2D eigenvalue weighted by atomic mass is 9.79. The van der Waals surface area contributed by atoms with E-state index in [2.05, 4.69) is 54.3 Å². The van der Waals surface area contributed by atoms with Crippen LogP contribution < -0.4 is 9.64 Å². The van der Waals surface area contributed by atoms with E-state index in [4.69, 9.17) is 28.4 Å². The largest absolute Gasteiger partial charge is 0.490 e. The van der Waals surface area contributed by atoms with Gasteiger partial charge in [-0.1, -0.05) is 44.2 Å². The Kier molecular flexibility index (Phi) is 14.1. The topological polar surface area (TPSA) is 78.9 Å². The number of methoxy groups -OCH3 is 2. The molecule has 8 heteroatoms. The molecular weight excluding hydrogens is 546 g/mol. The van der Waals surface area contributed by atoms with E-state index < -0.39 is 6.10 Å². The van der Waals surface area contributed by atoms with Crippen molar-refractivity contribution in [1.82, 2.24) is 0 Å². The third-order valence-electron chi connectivity index (χ3n) is 8.46. The van der Waals surface area contributed by atoms with Gasteiger partial charge in [-0.05, 0) is 60.9 Å². The van der Waals surface area contributed by atoms with Crippen molar-refractivity contribution in [2.45, 2.75) is 83.4 Å². The molecule has 1 aliphatic carbocycles. The maximum absolute atomic E-state index is 10.2. The summed E-state index contributed by atoms with van der Waals surface area (Å²) in [6.45, 7) is 10.2. The highest BCUT2D eigenvalue weighted by Gasteiger charge is 2.36. The van der Waals surface area contributed by atoms with Gasteiger partial charge < -0.3 is 38.4 Å². The van der Waals surface area contributed by atoms with Crippen molar-refractivity contribution >= 4 is 5.69 Å². The Balaban J connectivity index is 1.45. The van der Waals surface area contributed by atoms with Crippen molar-refractivity contribution in [2.24, 2.45) is 5.92 Å². The highest BCUT2D eigenvalue weighted by Crippen LogP contribution is 2.39. The lowest BCUT2D eigenvalue weighted by molar-refractivity contribution is -0.0858. The average molecular weight is 600 g/mol. The molecule has 1 aliphatic heterocycles. The Bertz CT molecular complexity index is 1060. The molecule has 43 heavy (non-hydrogen) atoms. The van der Waals surface area contributed by atoms with Gasteiger partial charge in [-0.25, -0.2) is 0 Å². The second kappa shape index (κ2) is 17.9. The minimum Gasteiger partial charge on any atom is -0.490 e. The Morgan fingerprint density at radius 1 is 0.930 bits per heavy atom. The van der Waals surface area contributed by atoms with Gasteiger partial charge in [-0.2, -0.15) is 0 Å². The molecule has 0 unspecified atom stereocenters. The number of benzene rings is 2. The fourth-order valence-electron chi connectivity index (χ4n) is 6.06. The lowest BCUT2D eigenvalue weighted by Gasteiger charge is -2.39. The van der Waals surface area contributed by atoms with Crippen LogP contribution in [0, 0.1) is 5.92 Å². The minimum absolute atomic E-state index is 0.00912.